The molecule has 0 fully saturated rings. The van der Waals surface area contributed by atoms with Crippen LogP contribution in [0.1, 0.15) is 15.9 Å². The van der Waals surface area contributed by atoms with Gasteiger partial charge in [-0.3, -0.25) is 14.3 Å². The molecule has 0 atom stereocenters. The average molecular weight is 402 g/mol. The highest BCUT2D eigenvalue weighted by molar-refractivity contribution is 5.99. The smallest absolute Gasteiger partial charge is 0.257 e. The van der Waals surface area contributed by atoms with Gasteiger partial charge < -0.3 is 10.2 Å². The predicted octanol–water partition coefficient (Wildman–Crippen LogP) is 3.06. The average Bonchev–Trinajstić information content (AvgIpc) is 3.17. The largest absolute Gasteiger partial charge is 0.332 e. The first kappa shape index (κ1) is 20.1. The zero-order valence-electron chi connectivity index (χ0n) is 15.4. The van der Waals surface area contributed by atoms with Crippen LogP contribution in [0, 0.1) is 17.5 Å². The van der Waals surface area contributed by atoms with Gasteiger partial charge in [0.2, 0.25) is 5.91 Å². The molecular formula is C20H17F3N4O2. The lowest BCUT2D eigenvalue weighted by molar-refractivity contribution is -0.116. The van der Waals surface area contributed by atoms with Gasteiger partial charge in [0, 0.05) is 13.2 Å². The summed E-state index contributed by atoms with van der Waals surface area (Å²) in [7, 11) is 1.39. The minimum absolute atomic E-state index is 0.273. The van der Waals surface area contributed by atoms with E-state index in [1.807, 2.05) is 30.3 Å². The van der Waals surface area contributed by atoms with Crippen LogP contribution in [0.4, 0.5) is 18.9 Å². The maximum absolute atomic E-state index is 13.6. The van der Waals surface area contributed by atoms with Gasteiger partial charge in [-0.15, -0.1) is 0 Å². The van der Waals surface area contributed by atoms with E-state index in [9.17, 15) is 22.8 Å². The number of rotatable bonds is 6. The first-order chi connectivity index (χ1) is 13.8. The molecule has 0 saturated carbocycles. The molecule has 0 aliphatic carbocycles. The van der Waals surface area contributed by atoms with Crippen molar-refractivity contribution in [2.75, 3.05) is 18.9 Å². The SMILES string of the molecule is CN(CC(=O)Nc1ccc(F)c(F)c1F)C(=O)c1cnn(Cc2ccccc2)c1. The summed E-state index contributed by atoms with van der Waals surface area (Å²) in [5, 5.41) is 6.25. The van der Waals surface area contributed by atoms with Gasteiger partial charge in [0.05, 0.1) is 30.5 Å². The number of hydrogen-bond donors (Lipinski definition) is 1. The van der Waals surface area contributed by atoms with Crippen LogP contribution in [0.25, 0.3) is 0 Å². The van der Waals surface area contributed by atoms with E-state index < -0.39 is 41.5 Å². The number of aromatic nitrogens is 2. The van der Waals surface area contributed by atoms with Crippen LogP contribution in [-0.2, 0) is 11.3 Å². The first-order valence-corrected chi connectivity index (χ1v) is 8.60. The molecule has 29 heavy (non-hydrogen) atoms. The molecular weight excluding hydrogens is 385 g/mol. The molecule has 1 N–H and O–H groups in total. The van der Waals surface area contributed by atoms with Gasteiger partial charge in [0.25, 0.3) is 5.91 Å². The van der Waals surface area contributed by atoms with E-state index in [4.69, 9.17) is 0 Å². The van der Waals surface area contributed by atoms with Crippen molar-refractivity contribution in [3.63, 3.8) is 0 Å². The number of likely N-dealkylation sites (N-methyl/N-ethyl adjacent to an activating group) is 1. The van der Waals surface area contributed by atoms with Crippen molar-refractivity contribution in [3.8, 4) is 0 Å². The summed E-state index contributed by atoms with van der Waals surface area (Å²) in [5.41, 5.74) is 0.775. The second-order valence-electron chi connectivity index (χ2n) is 6.34. The zero-order valence-corrected chi connectivity index (χ0v) is 15.4. The van der Waals surface area contributed by atoms with Crippen LogP contribution in [0.5, 0.6) is 0 Å². The molecule has 3 aromatic rings. The molecule has 0 unspecified atom stereocenters. The number of nitrogens with one attached hydrogen (secondary N) is 1. The minimum atomic E-state index is -1.68. The third-order valence-corrected chi connectivity index (χ3v) is 4.10. The fourth-order valence-corrected chi connectivity index (χ4v) is 2.65. The van der Waals surface area contributed by atoms with E-state index in [2.05, 4.69) is 10.4 Å². The highest BCUT2D eigenvalue weighted by Gasteiger charge is 2.19. The first-order valence-electron chi connectivity index (χ1n) is 8.60. The lowest BCUT2D eigenvalue weighted by atomic mass is 10.2. The lowest BCUT2D eigenvalue weighted by Gasteiger charge is -2.16. The molecule has 9 heteroatoms. The number of carbonyl (C=O) groups excluding carboxylic acids is 2. The Balaban J connectivity index is 1.60. The summed E-state index contributed by atoms with van der Waals surface area (Å²) in [6.45, 7) is 0.0643. The quantitative estimate of drug-likeness (QED) is 0.645. The molecule has 6 nitrogen and oxygen atoms in total. The van der Waals surface area contributed by atoms with Gasteiger partial charge in [0.15, 0.2) is 17.5 Å². The van der Waals surface area contributed by atoms with Crippen molar-refractivity contribution >= 4 is 17.5 Å². The number of amides is 2. The summed E-state index contributed by atoms with van der Waals surface area (Å²) in [6.07, 6.45) is 2.94. The fraction of sp³-hybridized carbons (Fsp3) is 0.150. The molecule has 0 radical (unpaired) electrons. The molecule has 0 aliphatic heterocycles. The van der Waals surface area contributed by atoms with Crippen molar-refractivity contribution in [1.29, 1.82) is 0 Å². The Kier molecular flexibility index (Phi) is 5.96. The summed E-state index contributed by atoms with van der Waals surface area (Å²) < 4.78 is 41.4. The molecule has 1 aromatic heterocycles. The van der Waals surface area contributed by atoms with Gasteiger partial charge in [-0.25, -0.2) is 13.2 Å². The van der Waals surface area contributed by atoms with Gasteiger partial charge in [-0.05, 0) is 17.7 Å². The number of halogens is 3. The van der Waals surface area contributed by atoms with Crippen LogP contribution in [0.2, 0.25) is 0 Å². The van der Waals surface area contributed by atoms with Crippen molar-refractivity contribution in [2.24, 2.45) is 0 Å². The molecule has 0 bridgehead atoms. The number of carbonyl (C=O) groups is 2. The maximum atomic E-state index is 13.6. The highest BCUT2D eigenvalue weighted by Crippen LogP contribution is 2.19. The Hall–Kier alpha value is -3.62. The molecule has 0 spiro atoms. The zero-order chi connectivity index (χ0) is 21.0. The molecule has 3 rings (SSSR count). The van der Waals surface area contributed by atoms with Gasteiger partial charge in [0.1, 0.15) is 0 Å². The topological polar surface area (TPSA) is 67.2 Å². The lowest BCUT2D eigenvalue weighted by Crippen LogP contribution is -2.35. The summed E-state index contributed by atoms with van der Waals surface area (Å²) in [4.78, 5) is 25.6. The third-order valence-electron chi connectivity index (χ3n) is 4.10. The van der Waals surface area contributed by atoms with Gasteiger partial charge >= 0.3 is 0 Å². The van der Waals surface area contributed by atoms with E-state index in [1.165, 1.54) is 13.2 Å². The summed E-state index contributed by atoms with van der Waals surface area (Å²) in [5.74, 6) is -5.78. The van der Waals surface area contributed by atoms with Crippen LogP contribution in [0.3, 0.4) is 0 Å². The van der Waals surface area contributed by atoms with Crippen molar-refractivity contribution in [3.05, 3.63) is 83.4 Å². The molecule has 2 amide bonds. The van der Waals surface area contributed by atoms with Gasteiger partial charge in [-0.1, -0.05) is 30.3 Å². The molecule has 0 saturated heterocycles. The van der Waals surface area contributed by atoms with E-state index in [1.54, 1.807) is 10.9 Å². The third kappa shape index (κ3) is 4.81. The normalized spacial score (nSPS) is 10.6. The standard InChI is InChI=1S/C20H17F3N4O2/c1-26(12-17(28)25-16-8-7-15(21)18(22)19(16)23)20(29)14-9-24-27(11-14)10-13-5-3-2-4-6-13/h2-9,11H,10,12H2,1H3,(H,25,28). The van der Waals surface area contributed by atoms with Crippen LogP contribution >= 0.6 is 0 Å². The second-order valence-corrected chi connectivity index (χ2v) is 6.34. The van der Waals surface area contributed by atoms with Crippen LogP contribution in [-0.4, -0.2) is 40.1 Å². The van der Waals surface area contributed by atoms with E-state index in [0.717, 1.165) is 16.5 Å². The van der Waals surface area contributed by atoms with Crippen molar-refractivity contribution in [1.82, 2.24) is 14.7 Å². The van der Waals surface area contributed by atoms with E-state index in [0.29, 0.717) is 12.6 Å². The van der Waals surface area contributed by atoms with E-state index in [-0.39, 0.29) is 5.56 Å². The Morgan fingerprint density at radius 3 is 2.52 bits per heavy atom. The molecule has 150 valence electrons. The molecule has 2 aromatic carbocycles. The number of hydrogen-bond acceptors (Lipinski definition) is 3. The highest BCUT2D eigenvalue weighted by atomic mass is 19.2. The van der Waals surface area contributed by atoms with Crippen molar-refractivity contribution in [2.45, 2.75) is 6.54 Å². The van der Waals surface area contributed by atoms with Crippen LogP contribution < -0.4 is 5.32 Å². The Morgan fingerprint density at radius 1 is 1.07 bits per heavy atom. The van der Waals surface area contributed by atoms with Crippen LogP contribution in [0.15, 0.2) is 54.9 Å². The maximum Gasteiger partial charge on any atom is 0.257 e. The van der Waals surface area contributed by atoms with E-state index >= 15 is 0 Å². The molecule has 1 heterocycles. The number of benzene rings is 2. The summed E-state index contributed by atoms with van der Waals surface area (Å²) >= 11 is 0. The summed E-state index contributed by atoms with van der Waals surface area (Å²) in [6, 6.07) is 11.1. The fourth-order valence-electron chi connectivity index (χ4n) is 2.65. The molecule has 0 aliphatic rings. The van der Waals surface area contributed by atoms with Crippen molar-refractivity contribution < 1.29 is 22.8 Å². The number of nitrogens with zero attached hydrogens (tertiary/aromatic N) is 3. The Labute approximate surface area is 164 Å². The minimum Gasteiger partial charge on any atom is -0.332 e. The Morgan fingerprint density at radius 2 is 1.79 bits per heavy atom. The Bertz CT molecular complexity index is 1040. The van der Waals surface area contributed by atoms with Gasteiger partial charge in [-0.2, -0.15) is 5.10 Å². The monoisotopic (exact) mass is 402 g/mol. The number of anilines is 1. The second kappa shape index (κ2) is 8.59. The predicted molar refractivity (Wildman–Crippen MR) is 99.7 cm³/mol.